The zero-order valence-electron chi connectivity index (χ0n) is 35.5. The number of hydrogen-bond acceptors (Lipinski definition) is 7. The predicted molar refractivity (Wildman–Crippen MR) is 229 cm³/mol. The van der Waals surface area contributed by atoms with Crippen LogP contribution in [0.4, 0.5) is 0 Å². The number of unbranched alkanes of at least 4 members (excludes halogenated alkanes) is 29. The summed E-state index contributed by atoms with van der Waals surface area (Å²) in [6, 6.07) is 0. The second-order valence-corrected chi connectivity index (χ2v) is 16.8. The Kier molecular flexibility index (Phi) is 42.0. The minimum absolute atomic E-state index is 0.0332. The van der Waals surface area contributed by atoms with Crippen LogP contribution in [-0.2, 0) is 27.9 Å². The highest BCUT2D eigenvalue weighted by molar-refractivity contribution is 7.47. The van der Waals surface area contributed by atoms with E-state index in [1.165, 1.54) is 173 Å². The third-order valence-corrected chi connectivity index (χ3v) is 10.9. The topological polar surface area (TPSA) is 117 Å². The van der Waals surface area contributed by atoms with E-state index in [2.05, 4.69) is 26.0 Å². The molecule has 0 aliphatic heterocycles. The lowest BCUT2D eigenvalue weighted by molar-refractivity contribution is -0.153. The Morgan fingerprint density at radius 1 is 0.556 bits per heavy atom. The zero-order valence-corrected chi connectivity index (χ0v) is 36.4. The average molecular weight is 786 g/mol. The second kappa shape index (κ2) is 43.0. The Hall–Kier alpha value is -1.18. The molecule has 0 aromatic rings. The summed E-state index contributed by atoms with van der Waals surface area (Å²) in [4.78, 5) is 22.5. The van der Waals surface area contributed by atoms with Gasteiger partial charge in [-0.2, -0.15) is 0 Å². The highest BCUT2D eigenvalue weighted by Crippen LogP contribution is 2.43. The molecule has 2 unspecified atom stereocenters. The van der Waals surface area contributed by atoms with Crippen LogP contribution in [0.3, 0.4) is 0 Å². The summed E-state index contributed by atoms with van der Waals surface area (Å²) in [5, 5.41) is 0. The van der Waals surface area contributed by atoms with E-state index < -0.39 is 13.9 Å². The van der Waals surface area contributed by atoms with Crippen LogP contribution in [-0.4, -0.2) is 43.3 Å². The molecule has 320 valence electrons. The standard InChI is InChI=1S/C45H88NO7P/c1-3-5-7-9-11-13-15-17-19-21-22-23-24-26-28-30-32-34-36-38-45(47)53-44(43-52-54(48,49)51-41-39-46)42-50-40-37-35-33-31-29-27-25-20-18-16-14-12-10-8-6-4-2/h14,16,37,40,44H,3-13,15,17-36,38-39,41-43,46H2,1-2H3,(H,48,49). The van der Waals surface area contributed by atoms with Crippen LogP contribution in [0.1, 0.15) is 226 Å². The molecule has 0 saturated heterocycles. The third-order valence-electron chi connectivity index (χ3n) is 9.94. The van der Waals surface area contributed by atoms with Crippen molar-refractivity contribution in [3.8, 4) is 0 Å². The molecule has 0 aliphatic rings. The summed E-state index contributed by atoms with van der Waals surface area (Å²) >= 11 is 0. The van der Waals surface area contributed by atoms with Gasteiger partial charge in [0.05, 0.1) is 19.5 Å². The molecule has 0 aromatic carbocycles. The van der Waals surface area contributed by atoms with E-state index in [9.17, 15) is 14.3 Å². The number of hydrogen-bond donors (Lipinski definition) is 2. The quantitative estimate of drug-likeness (QED) is 0.0206. The highest BCUT2D eigenvalue weighted by Gasteiger charge is 2.25. The molecule has 2 atom stereocenters. The minimum atomic E-state index is -4.29. The first-order valence-corrected chi connectivity index (χ1v) is 24.4. The van der Waals surface area contributed by atoms with Crippen LogP contribution in [0.25, 0.3) is 0 Å². The molecule has 0 aromatic heterocycles. The van der Waals surface area contributed by atoms with E-state index in [1.807, 2.05) is 6.08 Å². The van der Waals surface area contributed by atoms with Crippen molar-refractivity contribution in [1.82, 2.24) is 0 Å². The Balaban J connectivity index is 4.02. The number of phosphoric ester groups is 1. The van der Waals surface area contributed by atoms with Gasteiger partial charge in [-0.25, -0.2) is 4.57 Å². The van der Waals surface area contributed by atoms with Crippen molar-refractivity contribution >= 4 is 13.8 Å². The fourth-order valence-electron chi connectivity index (χ4n) is 6.55. The summed E-state index contributed by atoms with van der Waals surface area (Å²) in [5.74, 6) is -0.350. The van der Waals surface area contributed by atoms with E-state index in [1.54, 1.807) is 6.26 Å². The maximum Gasteiger partial charge on any atom is 0.472 e. The van der Waals surface area contributed by atoms with Crippen molar-refractivity contribution in [1.29, 1.82) is 0 Å². The molecule has 0 saturated carbocycles. The van der Waals surface area contributed by atoms with Gasteiger partial charge in [-0.1, -0.05) is 187 Å². The molecule has 9 heteroatoms. The smallest absolute Gasteiger partial charge is 0.472 e. The maximum absolute atomic E-state index is 12.6. The van der Waals surface area contributed by atoms with Crippen LogP contribution < -0.4 is 5.73 Å². The fraction of sp³-hybridized carbons (Fsp3) is 0.889. The largest absolute Gasteiger partial charge is 0.498 e. The monoisotopic (exact) mass is 786 g/mol. The van der Waals surface area contributed by atoms with Gasteiger partial charge in [0.15, 0.2) is 6.10 Å². The minimum Gasteiger partial charge on any atom is -0.498 e. The second-order valence-electron chi connectivity index (χ2n) is 15.3. The fourth-order valence-corrected chi connectivity index (χ4v) is 7.31. The van der Waals surface area contributed by atoms with E-state index in [0.29, 0.717) is 6.42 Å². The average Bonchev–Trinajstić information content (AvgIpc) is 3.16. The summed E-state index contributed by atoms with van der Waals surface area (Å²) in [5.41, 5.74) is 5.37. The van der Waals surface area contributed by atoms with Gasteiger partial charge in [-0.3, -0.25) is 13.8 Å². The Bertz CT molecular complexity index is 884. The molecule has 0 amide bonds. The summed E-state index contributed by atoms with van der Waals surface area (Å²) < 4.78 is 33.2. The number of rotatable bonds is 44. The van der Waals surface area contributed by atoms with Gasteiger partial charge >= 0.3 is 13.8 Å². The number of phosphoric acid groups is 1. The van der Waals surface area contributed by atoms with E-state index in [4.69, 9.17) is 24.3 Å². The first kappa shape index (κ1) is 52.8. The first-order chi connectivity index (χ1) is 26.4. The maximum atomic E-state index is 12.6. The molecule has 0 radical (unpaired) electrons. The van der Waals surface area contributed by atoms with Gasteiger partial charge in [0.2, 0.25) is 0 Å². The Morgan fingerprint density at radius 2 is 0.944 bits per heavy atom. The van der Waals surface area contributed by atoms with Crippen molar-refractivity contribution in [2.24, 2.45) is 5.73 Å². The Morgan fingerprint density at radius 3 is 1.39 bits per heavy atom. The number of esters is 1. The molecule has 0 fully saturated rings. The summed E-state index contributed by atoms with van der Waals surface area (Å²) in [6.07, 6.45) is 48.6. The Labute approximate surface area is 334 Å². The van der Waals surface area contributed by atoms with Gasteiger partial charge in [0.1, 0.15) is 6.61 Å². The van der Waals surface area contributed by atoms with Gasteiger partial charge in [-0.15, -0.1) is 0 Å². The first-order valence-electron chi connectivity index (χ1n) is 22.9. The van der Waals surface area contributed by atoms with Gasteiger partial charge < -0.3 is 20.1 Å². The lowest BCUT2D eigenvalue weighted by Crippen LogP contribution is -2.27. The predicted octanol–water partition coefficient (Wildman–Crippen LogP) is 14.0. The molecule has 0 heterocycles. The molecule has 0 bridgehead atoms. The summed E-state index contributed by atoms with van der Waals surface area (Å²) in [6.45, 7) is 4.26. The van der Waals surface area contributed by atoms with Gasteiger partial charge in [0.25, 0.3) is 0 Å². The lowest BCUT2D eigenvalue weighted by Gasteiger charge is -2.19. The molecule has 3 N–H and O–H groups in total. The molecule has 0 rings (SSSR count). The highest BCUT2D eigenvalue weighted by atomic mass is 31.2. The normalized spacial score (nSPS) is 13.6. The molecular weight excluding hydrogens is 697 g/mol. The molecule has 0 spiro atoms. The van der Waals surface area contributed by atoms with Crippen molar-refractivity contribution in [2.45, 2.75) is 232 Å². The number of ether oxygens (including phenoxy) is 2. The van der Waals surface area contributed by atoms with E-state index in [0.717, 1.165) is 32.1 Å². The van der Waals surface area contributed by atoms with Crippen LogP contribution in [0, 0.1) is 0 Å². The number of nitrogens with two attached hydrogens (primary N) is 1. The van der Waals surface area contributed by atoms with Crippen LogP contribution in [0.15, 0.2) is 24.5 Å². The van der Waals surface area contributed by atoms with Crippen molar-refractivity contribution in [3.05, 3.63) is 24.5 Å². The van der Waals surface area contributed by atoms with Gasteiger partial charge in [0, 0.05) is 13.0 Å². The van der Waals surface area contributed by atoms with Crippen molar-refractivity contribution in [2.75, 3.05) is 26.4 Å². The van der Waals surface area contributed by atoms with Crippen LogP contribution in [0.2, 0.25) is 0 Å². The molecular formula is C45H88NO7P. The van der Waals surface area contributed by atoms with E-state index in [-0.39, 0.29) is 32.3 Å². The van der Waals surface area contributed by atoms with Crippen molar-refractivity contribution < 1.29 is 32.8 Å². The van der Waals surface area contributed by atoms with Crippen molar-refractivity contribution in [3.63, 3.8) is 0 Å². The van der Waals surface area contributed by atoms with Crippen LogP contribution in [0.5, 0.6) is 0 Å². The lowest BCUT2D eigenvalue weighted by atomic mass is 10.0. The van der Waals surface area contributed by atoms with E-state index >= 15 is 0 Å². The van der Waals surface area contributed by atoms with Crippen LogP contribution >= 0.6 is 7.82 Å². The molecule has 8 nitrogen and oxygen atoms in total. The molecule has 54 heavy (non-hydrogen) atoms. The number of allylic oxidation sites excluding steroid dienone is 3. The molecule has 0 aliphatic carbocycles. The number of carbonyl (C=O) groups is 1. The number of carbonyl (C=O) groups excluding carboxylic acids is 1. The summed E-state index contributed by atoms with van der Waals surface area (Å²) in [7, 11) is -4.29. The van der Waals surface area contributed by atoms with Gasteiger partial charge in [-0.05, 0) is 51.0 Å². The SMILES string of the molecule is CCCCCCC=CCCCCCCCCC=COCC(COP(=O)(O)OCCN)OC(=O)CCCCCCCCCCCCCCCCCCCCC. The zero-order chi connectivity index (χ0) is 39.5. The third kappa shape index (κ3) is 42.0.